The minimum atomic E-state index is -1.09. The molecule has 0 atom stereocenters. The van der Waals surface area contributed by atoms with Crippen LogP contribution in [0.2, 0.25) is 0 Å². The van der Waals surface area contributed by atoms with Crippen LogP contribution in [0.25, 0.3) is 22.0 Å². The van der Waals surface area contributed by atoms with Gasteiger partial charge in [0, 0.05) is 35.7 Å². The molecule has 2 aromatic heterocycles. The molecule has 0 unspecified atom stereocenters. The van der Waals surface area contributed by atoms with Crippen LogP contribution >= 0.6 is 0 Å². The highest BCUT2D eigenvalue weighted by Crippen LogP contribution is 2.35. The number of carbonyl (C=O) groups is 2. The Bertz CT molecular complexity index is 1760. The van der Waals surface area contributed by atoms with E-state index in [9.17, 15) is 14.7 Å². The van der Waals surface area contributed by atoms with Gasteiger partial charge in [-0.15, -0.1) is 0 Å². The van der Waals surface area contributed by atoms with E-state index in [1.54, 1.807) is 30.5 Å². The molecule has 0 saturated heterocycles. The summed E-state index contributed by atoms with van der Waals surface area (Å²) in [4.78, 5) is 37.2. The van der Waals surface area contributed by atoms with Crippen LogP contribution < -0.4 is 25.8 Å². The van der Waals surface area contributed by atoms with Crippen LogP contribution in [-0.4, -0.2) is 46.2 Å². The summed E-state index contributed by atoms with van der Waals surface area (Å²) in [7, 11) is 2.97. The van der Waals surface area contributed by atoms with Gasteiger partial charge >= 0.3 is 12.0 Å². The highest BCUT2D eigenvalue weighted by Gasteiger charge is 2.17. The SMILES string of the molecule is COc1ncc(-c2ccc3c(Nc4cc(NCc5ccccc5)cc(C(=O)O)c4)c(C(N)=O)cnc3c2)c(OC)n1. The minimum absolute atomic E-state index is 0.0680. The van der Waals surface area contributed by atoms with E-state index in [-0.39, 0.29) is 17.1 Å². The Labute approximate surface area is 235 Å². The number of fused-ring (bicyclic) bond motifs is 1. The van der Waals surface area contributed by atoms with Gasteiger partial charge < -0.3 is 30.9 Å². The zero-order chi connectivity index (χ0) is 28.9. The maximum Gasteiger partial charge on any atom is 0.335 e. The Kier molecular flexibility index (Phi) is 7.59. The Morgan fingerprint density at radius 3 is 2.41 bits per heavy atom. The number of rotatable bonds is 10. The molecular formula is C30H26N6O5. The van der Waals surface area contributed by atoms with E-state index in [1.165, 1.54) is 26.5 Å². The number of ether oxygens (including phenoxy) is 2. The number of primary amides is 1. The Balaban J connectivity index is 1.55. The molecule has 5 rings (SSSR count). The van der Waals surface area contributed by atoms with E-state index < -0.39 is 11.9 Å². The van der Waals surface area contributed by atoms with Crippen molar-refractivity contribution in [1.82, 2.24) is 15.0 Å². The lowest BCUT2D eigenvalue weighted by atomic mass is 10.0. The average Bonchev–Trinajstić information content (AvgIpc) is 2.99. The number of carboxylic acid groups (broad SMARTS) is 1. The third-order valence-corrected chi connectivity index (χ3v) is 6.34. The van der Waals surface area contributed by atoms with Crippen LogP contribution in [0.5, 0.6) is 11.9 Å². The molecule has 2 heterocycles. The molecule has 0 aliphatic rings. The fourth-order valence-corrected chi connectivity index (χ4v) is 4.36. The quantitative estimate of drug-likeness (QED) is 0.189. The molecule has 5 N–H and O–H groups in total. The van der Waals surface area contributed by atoms with Crippen molar-refractivity contribution in [3.63, 3.8) is 0 Å². The van der Waals surface area contributed by atoms with Crippen LogP contribution in [0.3, 0.4) is 0 Å². The number of nitrogens with zero attached hydrogens (tertiary/aromatic N) is 3. The molecule has 0 aliphatic carbocycles. The number of nitrogens with two attached hydrogens (primary N) is 1. The summed E-state index contributed by atoms with van der Waals surface area (Å²) in [5.41, 5.74) is 10.3. The fraction of sp³-hybridized carbons (Fsp3) is 0.100. The number of aromatic carboxylic acids is 1. The second-order valence-electron chi connectivity index (χ2n) is 8.99. The largest absolute Gasteiger partial charge is 0.480 e. The van der Waals surface area contributed by atoms with Crippen LogP contribution in [-0.2, 0) is 6.54 Å². The number of methoxy groups -OCH3 is 2. The summed E-state index contributed by atoms with van der Waals surface area (Å²) in [6.45, 7) is 0.495. The minimum Gasteiger partial charge on any atom is -0.480 e. The van der Waals surface area contributed by atoms with Gasteiger partial charge in [-0.25, -0.2) is 9.78 Å². The first-order valence-electron chi connectivity index (χ1n) is 12.5. The van der Waals surface area contributed by atoms with Gasteiger partial charge in [0.25, 0.3) is 5.91 Å². The maximum atomic E-state index is 12.4. The first-order valence-corrected chi connectivity index (χ1v) is 12.5. The molecule has 206 valence electrons. The number of anilines is 3. The van der Waals surface area contributed by atoms with E-state index in [4.69, 9.17) is 15.2 Å². The summed E-state index contributed by atoms with van der Waals surface area (Å²) < 4.78 is 10.5. The summed E-state index contributed by atoms with van der Waals surface area (Å²) >= 11 is 0. The number of benzene rings is 3. The lowest BCUT2D eigenvalue weighted by Crippen LogP contribution is -2.14. The highest BCUT2D eigenvalue weighted by atomic mass is 16.5. The number of pyridine rings is 1. The van der Waals surface area contributed by atoms with Gasteiger partial charge in [-0.05, 0) is 35.4 Å². The van der Waals surface area contributed by atoms with E-state index in [2.05, 4.69) is 25.6 Å². The molecule has 3 aromatic carbocycles. The van der Waals surface area contributed by atoms with E-state index >= 15 is 0 Å². The number of aromatic nitrogens is 3. The number of nitrogens with one attached hydrogen (secondary N) is 2. The Morgan fingerprint density at radius 1 is 0.927 bits per heavy atom. The molecular weight excluding hydrogens is 524 g/mol. The lowest BCUT2D eigenvalue weighted by molar-refractivity contribution is 0.0696. The second-order valence-corrected chi connectivity index (χ2v) is 8.99. The zero-order valence-corrected chi connectivity index (χ0v) is 22.2. The van der Waals surface area contributed by atoms with E-state index in [1.807, 2.05) is 36.4 Å². The maximum absolute atomic E-state index is 12.4. The lowest BCUT2D eigenvalue weighted by Gasteiger charge is -2.16. The highest BCUT2D eigenvalue weighted by molar-refractivity contribution is 6.08. The smallest absolute Gasteiger partial charge is 0.335 e. The Hall–Kier alpha value is -5.71. The molecule has 11 nitrogen and oxygen atoms in total. The van der Waals surface area contributed by atoms with Crippen LogP contribution in [0.15, 0.2) is 79.1 Å². The molecule has 0 bridgehead atoms. The molecule has 11 heteroatoms. The molecule has 0 saturated carbocycles. The molecule has 0 fully saturated rings. The topological polar surface area (TPSA) is 162 Å². The molecule has 1 amide bonds. The van der Waals surface area contributed by atoms with Gasteiger partial charge in [-0.3, -0.25) is 9.78 Å². The summed E-state index contributed by atoms with van der Waals surface area (Å²) in [6, 6.07) is 20.1. The predicted octanol–water partition coefficient (Wildman–Crippen LogP) is 4.86. The van der Waals surface area contributed by atoms with Crippen molar-refractivity contribution in [3.05, 3.63) is 95.8 Å². The van der Waals surface area contributed by atoms with Gasteiger partial charge in [-0.2, -0.15) is 4.98 Å². The van der Waals surface area contributed by atoms with E-state index in [0.29, 0.717) is 46.0 Å². The van der Waals surface area contributed by atoms with Crippen LogP contribution in [0, 0.1) is 0 Å². The fourth-order valence-electron chi connectivity index (χ4n) is 4.36. The number of carbonyl (C=O) groups excluding carboxylic acids is 1. The van der Waals surface area contributed by atoms with Gasteiger partial charge in [0.2, 0.25) is 5.88 Å². The summed E-state index contributed by atoms with van der Waals surface area (Å²) in [5, 5.41) is 16.8. The molecule has 5 aromatic rings. The normalized spacial score (nSPS) is 10.7. The first-order chi connectivity index (χ1) is 19.9. The van der Waals surface area contributed by atoms with Gasteiger partial charge in [0.1, 0.15) is 0 Å². The second kappa shape index (κ2) is 11.6. The number of carboxylic acids is 1. The van der Waals surface area contributed by atoms with Gasteiger partial charge in [0.15, 0.2) is 0 Å². The van der Waals surface area contributed by atoms with E-state index in [0.717, 1.165) is 11.1 Å². The predicted molar refractivity (Wildman–Crippen MR) is 155 cm³/mol. The van der Waals surface area contributed by atoms with Crippen molar-refractivity contribution in [3.8, 4) is 23.0 Å². The van der Waals surface area contributed by atoms with Gasteiger partial charge in [-0.1, -0.05) is 42.5 Å². The monoisotopic (exact) mass is 550 g/mol. The van der Waals surface area contributed by atoms with Crippen molar-refractivity contribution in [2.45, 2.75) is 6.54 Å². The van der Waals surface area contributed by atoms with Crippen LogP contribution in [0.1, 0.15) is 26.3 Å². The number of hydrogen-bond donors (Lipinski definition) is 4. The van der Waals surface area contributed by atoms with Crippen molar-refractivity contribution in [1.29, 1.82) is 0 Å². The third-order valence-electron chi connectivity index (χ3n) is 6.34. The van der Waals surface area contributed by atoms with Crippen molar-refractivity contribution >= 4 is 39.8 Å². The summed E-state index contributed by atoms with van der Waals surface area (Å²) in [5.74, 6) is -1.45. The first kappa shape index (κ1) is 26.9. The molecule has 0 radical (unpaired) electrons. The average molecular weight is 551 g/mol. The number of amides is 1. The van der Waals surface area contributed by atoms with Crippen molar-refractivity contribution < 1.29 is 24.2 Å². The van der Waals surface area contributed by atoms with Crippen molar-refractivity contribution in [2.75, 3.05) is 24.9 Å². The van der Waals surface area contributed by atoms with Gasteiger partial charge in [0.05, 0.1) is 42.1 Å². The third kappa shape index (κ3) is 5.83. The molecule has 0 aliphatic heterocycles. The Morgan fingerprint density at radius 2 is 1.71 bits per heavy atom. The number of hydrogen-bond acceptors (Lipinski definition) is 9. The standard InChI is InChI=1S/C30H26N6O5/c1-40-28-23(15-34-30(36-28)41-2)18-8-9-22-25(12-18)33-16-24(27(31)37)26(22)35-21-11-19(29(38)39)10-20(13-21)32-14-17-6-4-3-5-7-17/h3-13,15-16,32H,14H2,1-2H3,(H2,31,37)(H,33,35)(H,38,39). The molecule has 0 spiro atoms. The molecule has 41 heavy (non-hydrogen) atoms. The van der Waals surface area contributed by atoms with Crippen molar-refractivity contribution in [2.24, 2.45) is 5.73 Å². The van der Waals surface area contributed by atoms with Crippen LogP contribution in [0.4, 0.5) is 17.1 Å². The summed E-state index contributed by atoms with van der Waals surface area (Å²) in [6.07, 6.45) is 2.97. The zero-order valence-electron chi connectivity index (χ0n) is 22.2.